The van der Waals surface area contributed by atoms with E-state index in [1.165, 1.54) is 4.31 Å². The number of hydrogen-bond donors (Lipinski definition) is 1. The fourth-order valence-electron chi connectivity index (χ4n) is 2.02. The van der Waals surface area contributed by atoms with Crippen molar-refractivity contribution in [2.24, 2.45) is 0 Å². The highest BCUT2D eigenvalue weighted by atomic mass is 32.2. The molecule has 0 amide bonds. The van der Waals surface area contributed by atoms with Crippen LogP contribution in [0, 0.1) is 6.92 Å². The van der Waals surface area contributed by atoms with Crippen LogP contribution in [0.5, 0.6) is 0 Å². The average Bonchev–Trinajstić information content (AvgIpc) is 2.19. The van der Waals surface area contributed by atoms with Gasteiger partial charge in [-0.05, 0) is 43.5 Å². The van der Waals surface area contributed by atoms with Crippen molar-refractivity contribution in [3.05, 3.63) is 23.8 Å². The first-order valence-electron chi connectivity index (χ1n) is 5.37. The van der Waals surface area contributed by atoms with Gasteiger partial charge in [-0.25, -0.2) is 8.42 Å². The normalized spacial score (nSPS) is 19.7. The molecule has 0 saturated carbocycles. The monoisotopic (exact) mass is 240 g/mol. The summed E-state index contributed by atoms with van der Waals surface area (Å²) in [6, 6.07) is 5.33. The maximum atomic E-state index is 11.9. The van der Waals surface area contributed by atoms with E-state index in [1.807, 2.05) is 6.92 Å². The molecular formula is C11H16N2O2S. The largest absolute Gasteiger partial charge is 0.399 e. The number of hydrogen-bond acceptors (Lipinski definition) is 3. The lowest BCUT2D eigenvalue weighted by atomic mass is 10.1. The minimum atomic E-state index is -3.12. The number of benzene rings is 1. The maximum Gasteiger partial charge on any atom is 0.235 e. The van der Waals surface area contributed by atoms with Crippen LogP contribution in [0.3, 0.4) is 0 Å². The molecule has 1 aliphatic rings. The van der Waals surface area contributed by atoms with Crippen LogP contribution in [0.4, 0.5) is 11.4 Å². The van der Waals surface area contributed by atoms with Gasteiger partial charge in [-0.2, -0.15) is 0 Å². The van der Waals surface area contributed by atoms with Crippen LogP contribution >= 0.6 is 0 Å². The lowest BCUT2D eigenvalue weighted by Gasteiger charge is -2.29. The third-order valence-electron chi connectivity index (χ3n) is 2.84. The van der Waals surface area contributed by atoms with Gasteiger partial charge in [0.25, 0.3) is 0 Å². The molecule has 1 heterocycles. The number of sulfonamides is 1. The Kier molecular flexibility index (Phi) is 2.80. The van der Waals surface area contributed by atoms with E-state index in [2.05, 4.69) is 0 Å². The van der Waals surface area contributed by atoms with Gasteiger partial charge in [-0.1, -0.05) is 0 Å². The van der Waals surface area contributed by atoms with Crippen molar-refractivity contribution in [3.8, 4) is 0 Å². The van der Waals surface area contributed by atoms with E-state index in [1.54, 1.807) is 18.2 Å². The Bertz CT molecular complexity index is 497. The van der Waals surface area contributed by atoms with Crippen molar-refractivity contribution in [2.75, 3.05) is 22.3 Å². The van der Waals surface area contributed by atoms with E-state index >= 15 is 0 Å². The molecule has 0 radical (unpaired) electrons. The summed E-state index contributed by atoms with van der Waals surface area (Å²) in [6.45, 7) is 2.46. The van der Waals surface area contributed by atoms with E-state index in [4.69, 9.17) is 5.73 Å². The second-order valence-corrected chi connectivity index (χ2v) is 6.15. The molecule has 1 saturated heterocycles. The lowest BCUT2D eigenvalue weighted by molar-refractivity contribution is 0.574. The van der Waals surface area contributed by atoms with Crippen LogP contribution in [-0.4, -0.2) is 20.7 Å². The van der Waals surface area contributed by atoms with Crippen LogP contribution in [0.25, 0.3) is 0 Å². The minimum absolute atomic E-state index is 0.247. The van der Waals surface area contributed by atoms with Gasteiger partial charge in [0.2, 0.25) is 10.0 Å². The van der Waals surface area contributed by atoms with Gasteiger partial charge >= 0.3 is 0 Å². The zero-order valence-electron chi connectivity index (χ0n) is 9.31. The molecule has 1 aromatic carbocycles. The average molecular weight is 240 g/mol. The molecule has 16 heavy (non-hydrogen) atoms. The van der Waals surface area contributed by atoms with Crippen LogP contribution in [0.2, 0.25) is 0 Å². The Morgan fingerprint density at radius 3 is 2.69 bits per heavy atom. The zero-order chi connectivity index (χ0) is 11.8. The molecule has 0 atom stereocenters. The third-order valence-corrected chi connectivity index (χ3v) is 4.69. The van der Waals surface area contributed by atoms with Crippen LogP contribution in [0.1, 0.15) is 18.4 Å². The molecule has 2 N–H and O–H groups in total. The highest BCUT2D eigenvalue weighted by Gasteiger charge is 2.26. The predicted octanol–water partition coefficient (Wildman–Crippen LogP) is 1.51. The number of nitrogens with zero attached hydrogens (tertiary/aromatic N) is 1. The standard InChI is InChI=1S/C11H16N2O2S/c1-9-8-10(12)4-5-11(9)13-6-2-3-7-16(13,14)15/h4-5,8H,2-3,6-7,12H2,1H3. The van der Waals surface area contributed by atoms with Gasteiger partial charge < -0.3 is 5.73 Å². The summed E-state index contributed by atoms with van der Waals surface area (Å²) in [4.78, 5) is 0. The summed E-state index contributed by atoms with van der Waals surface area (Å²) in [5, 5.41) is 0. The molecule has 5 heteroatoms. The van der Waals surface area contributed by atoms with E-state index in [9.17, 15) is 8.42 Å². The Morgan fingerprint density at radius 2 is 2.06 bits per heavy atom. The molecule has 0 aromatic heterocycles. The maximum absolute atomic E-state index is 11.9. The zero-order valence-corrected chi connectivity index (χ0v) is 10.1. The molecule has 2 rings (SSSR count). The third kappa shape index (κ3) is 2.00. The van der Waals surface area contributed by atoms with Crippen LogP contribution < -0.4 is 10.0 Å². The topological polar surface area (TPSA) is 63.4 Å². The fraction of sp³-hybridized carbons (Fsp3) is 0.455. The fourth-order valence-corrected chi connectivity index (χ4v) is 3.72. The summed E-state index contributed by atoms with van der Waals surface area (Å²) in [6.07, 6.45) is 1.68. The molecule has 0 unspecified atom stereocenters. The molecule has 0 bridgehead atoms. The Morgan fingerprint density at radius 1 is 1.31 bits per heavy atom. The summed E-state index contributed by atoms with van der Waals surface area (Å²) < 4.78 is 25.3. The van der Waals surface area contributed by atoms with E-state index in [0.29, 0.717) is 12.2 Å². The first-order valence-corrected chi connectivity index (χ1v) is 6.98. The van der Waals surface area contributed by atoms with E-state index in [-0.39, 0.29) is 5.75 Å². The first kappa shape index (κ1) is 11.3. The molecular weight excluding hydrogens is 224 g/mol. The van der Waals surface area contributed by atoms with Crippen molar-refractivity contribution in [1.29, 1.82) is 0 Å². The highest BCUT2D eigenvalue weighted by molar-refractivity contribution is 7.92. The SMILES string of the molecule is Cc1cc(N)ccc1N1CCCCS1(=O)=O. The molecule has 1 fully saturated rings. The molecule has 0 aliphatic carbocycles. The Labute approximate surface area is 96.1 Å². The van der Waals surface area contributed by atoms with Crippen molar-refractivity contribution < 1.29 is 8.42 Å². The summed E-state index contributed by atoms with van der Waals surface area (Å²) in [7, 11) is -3.12. The van der Waals surface area contributed by atoms with Crippen molar-refractivity contribution in [3.63, 3.8) is 0 Å². The number of nitrogen functional groups attached to an aromatic ring is 1. The van der Waals surface area contributed by atoms with Crippen molar-refractivity contribution in [2.45, 2.75) is 19.8 Å². The first-order chi connectivity index (χ1) is 7.50. The van der Waals surface area contributed by atoms with E-state index in [0.717, 1.165) is 24.1 Å². The second-order valence-electron chi connectivity index (χ2n) is 4.14. The van der Waals surface area contributed by atoms with Gasteiger partial charge in [0, 0.05) is 12.2 Å². The number of rotatable bonds is 1. The van der Waals surface area contributed by atoms with Crippen molar-refractivity contribution in [1.82, 2.24) is 0 Å². The summed E-state index contributed by atoms with van der Waals surface area (Å²) in [5.41, 5.74) is 7.99. The second kappa shape index (κ2) is 3.97. The summed E-state index contributed by atoms with van der Waals surface area (Å²) in [5.74, 6) is 0.247. The van der Waals surface area contributed by atoms with E-state index < -0.39 is 10.0 Å². The quantitative estimate of drug-likeness (QED) is 0.757. The van der Waals surface area contributed by atoms with Gasteiger partial charge in [0.15, 0.2) is 0 Å². The van der Waals surface area contributed by atoms with Crippen LogP contribution in [0.15, 0.2) is 18.2 Å². The Hall–Kier alpha value is -1.23. The smallest absolute Gasteiger partial charge is 0.235 e. The van der Waals surface area contributed by atoms with Crippen LogP contribution in [-0.2, 0) is 10.0 Å². The minimum Gasteiger partial charge on any atom is -0.399 e. The van der Waals surface area contributed by atoms with Gasteiger partial charge in [0.05, 0.1) is 11.4 Å². The van der Waals surface area contributed by atoms with Gasteiger partial charge in [0.1, 0.15) is 0 Å². The molecule has 4 nitrogen and oxygen atoms in total. The van der Waals surface area contributed by atoms with Gasteiger partial charge in [-0.3, -0.25) is 4.31 Å². The van der Waals surface area contributed by atoms with Gasteiger partial charge in [-0.15, -0.1) is 0 Å². The number of anilines is 2. The van der Waals surface area contributed by atoms with Crippen molar-refractivity contribution >= 4 is 21.4 Å². The lowest BCUT2D eigenvalue weighted by Crippen LogP contribution is -2.38. The molecule has 0 spiro atoms. The Balaban J connectivity index is 2.43. The molecule has 1 aliphatic heterocycles. The number of aryl methyl sites for hydroxylation is 1. The summed E-state index contributed by atoms with van der Waals surface area (Å²) >= 11 is 0. The molecule has 1 aromatic rings. The predicted molar refractivity (Wildman–Crippen MR) is 66.0 cm³/mol. The molecule has 88 valence electrons. The number of nitrogens with two attached hydrogens (primary N) is 1. The highest BCUT2D eigenvalue weighted by Crippen LogP contribution is 2.27.